The van der Waals surface area contributed by atoms with Crippen LogP contribution in [0.1, 0.15) is 17.3 Å². The average molecular weight is 326 g/mol. The smallest absolute Gasteiger partial charge is 0.234 e. The second-order valence-electron chi connectivity index (χ2n) is 4.89. The van der Waals surface area contributed by atoms with Gasteiger partial charge in [-0.05, 0) is 31.2 Å². The highest BCUT2D eigenvalue weighted by molar-refractivity contribution is 7.99. The van der Waals surface area contributed by atoms with E-state index in [1.54, 1.807) is 30.5 Å². The van der Waals surface area contributed by atoms with E-state index in [0.717, 1.165) is 5.52 Å². The Bertz CT molecular complexity index is 842. The summed E-state index contributed by atoms with van der Waals surface area (Å²) in [5.41, 5.74) is 2.64. The van der Waals surface area contributed by atoms with E-state index < -0.39 is 0 Å². The highest BCUT2D eigenvalue weighted by Gasteiger charge is 2.08. The lowest BCUT2D eigenvalue weighted by molar-refractivity contribution is -0.113. The van der Waals surface area contributed by atoms with E-state index in [1.807, 2.05) is 12.1 Å². The van der Waals surface area contributed by atoms with Gasteiger partial charge in [-0.25, -0.2) is 9.97 Å². The number of anilines is 1. The van der Waals surface area contributed by atoms with Crippen LogP contribution < -0.4 is 5.32 Å². The van der Waals surface area contributed by atoms with Gasteiger partial charge in [0.1, 0.15) is 0 Å². The number of aromatic nitrogens is 3. The number of nitrogens with zero attached hydrogens (tertiary/aromatic N) is 2. The van der Waals surface area contributed by atoms with Crippen LogP contribution in [0.4, 0.5) is 5.69 Å². The molecule has 0 saturated carbocycles. The Kier molecular flexibility index (Phi) is 4.38. The summed E-state index contributed by atoms with van der Waals surface area (Å²) >= 11 is 1.30. The van der Waals surface area contributed by atoms with Gasteiger partial charge < -0.3 is 10.3 Å². The van der Waals surface area contributed by atoms with Gasteiger partial charge in [-0.1, -0.05) is 23.9 Å². The van der Waals surface area contributed by atoms with E-state index in [2.05, 4.69) is 20.3 Å². The van der Waals surface area contributed by atoms with Gasteiger partial charge in [0.05, 0.1) is 11.3 Å². The number of pyridine rings is 1. The Labute approximate surface area is 136 Å². The van der Waals surface area contributed by atoms with Gasteiger partial charge in [-0.2, -0.15) is 0 Å². The molecule has 7 heteroatoms. The van der Waals surface area contributed by atoms with Crippen molar-refractivity contribution in [2.24, 2.45) is 0 Å². The predicted octanol–water partition coefficient (Wildman–Crippen LogP) is 2.89. The van der Waals surface area contributed by atoms with E-state index in [9.17, 15) is 9.59 Å². The maximum absolute atomic E-state index is 12.0. The van der Waals surface area contributed by atoms with E-state index >= 15 is 0 Å². The van der Waals surface area contributed by atoms with Crippen LogP contribution in [-0.4, -0.2) is 32.4 Å². The lowest BCUT2D eigenvalue weighted by atomic mass is 10.1. The molecule has 0 spiro atoms. The fourth-order valence-electron chi connectivity index (χ4n) is 2.04. The molecule has 6 nitrogen and oxygen atoms in total. The molecule has 0 fully saturated rings. The first-order chi connectivity index (χ1) is 11.1. The molecule has 0 aliphatic carbocycles. The van der Waals surface area contributed by atoms with Gasteiger partial charge in [0.15, 0.2) is 16.6 Å². The Morgan fingerprint density at radius 3 is 2.91 bits per heavy atom. The minimum absolute atomic E-state index is 0.0368. The van der Waals surface area contributed by atoms with Crippen molar-refractivity contribution in [3.63, 3.8) is 0 Å². The molecule has 0 bridgehead atoms. The molecule has 1 amide bonds. The Balaban J connectivity index is 1.61. The van der Waals surface area contributed by atoms with Crippen LogP contribution in [0, 0.1) is 0 Å². The summed E-state index contributed by atoms with van der Waals surface area (Å²) < 4.78 is 0. The van der Waals surface area contributed by atoms with Crippen molar-refractivity contribution in [2.75, 3.05) is 11.1 Å². The topological polar surface area (TPSA) is 87.7 Å². The number of carbonyl (C=O) groups is 2. The quantitative estimate of drug-likeness (QED) is 0.556. The molecule has 0 radical (unpaired) electrons. The van der Waals surface area contributed by atoms with E-state index in [0.29, 0.717) is 22.1 Å². The largest absolute Gasteiger partial charge is 0.332 e. The van der Waals surface area contributed by atoms with Crippen molar-refractivity contribution in [2.45, 2.75) is 12.1 Å². The lowest BCUT2D eigenvalue weighted by Gasteiger charge is -2.05. The van der Waals surface area contributed by atoms with Crippen LogP contribution in [-0.2, 0) is 4.79 Å². The number of hydrogen-bond donors (Lipinski definition) is 2. The Morgan fingerprint density at radius 1 is 1.26 bits per heavy atom. The molecule has 3 aromatic rings. The maximum atomic E-state index is 12.0. The van der Waals surface area contributed by atoms with Gasteiger partial charge in [0.25, 0.3) is 0 Å². The number of nitrogens with one attached hydrogen (secondary N) is 2. The summed E-state index contributed by atoms with van der Waals surface area (Å²) in [5, 5.41) is 3.42. The predicted molar refractivity (Wildman–Crippen MR) is 89.7 cm³/mol. The molecule has 23 heavy (non-hydrogen) atoms. The SMILES string of the molecule is CC(=O)c1cccc(NC(=O)CSc2nc3ncccc3[nH]2)c1. The summed E-state index contributed by atoms with van der Waals surface area (Å²) in [7, 11) is 0. The summed E-state index contributed by atoms with van der Waals surface area (Å²) in [6, 6.07) is 10.6. The fourth-order valence-corrected chi connectivity index (χ4v) is 2.71. The number of amides is 1. The van der Waals surface area contributed by atoms with Crippen LogP contribution in [0.3, 0.4) is 0 Å². The lowest BCUT2D eigenvalue weighted by Crippen LogP contribution is -2.14. The number of ketones is 1. The number of thioether (sulfide) groups is 1. The maximum Gasteiger partial charge on any atom is 0.234 e. The third-order valence-electron chi connectivity index (χ3n) is 3.13. The number of rotatable bonds is 5. The normalized spacial score (nSPS) is 10.7. The average Bonchev–Trinajstić information content (AvgIpc) is 2.96. The van der Waals surface area contributed by atoms with Crippen molar-refractivity contribution in [3.05, 3.63) is 48.2 Å². The fraction of sp³-hybridized carbons (Fsp3) is 0.125. The molecule has 2 N–H and O–H groups in total. The van der Waals surface area contributed by atoms with Gasteiger partial charge >= 0.3 is 0 Å². The number of Topliss-reactive ketones (excluding diaryl/α,β-unsaturated/α-hetero) is 1. The zero-order valence-corrected chi connectivity index (χ0v) is 13.2. The Morgan fingerprint density at radius 2 is 2.13 bits per heavy atom. The van der Waals surface area contributed by atoms with E-state index in [1.165, 1.54) is 18.7 Å². The molecular formula is C16H14N4O2S. The highest BCUT2D eigenvalue weighted by atomic mass is 32.2. The number of hydrogen-bond acceptors (Lipinski definition) is 5. The monoisotopic (exact) mass is 326 g/mol. The molecule has 0 unspecified atom stereocenters. The van der Waals surface area contributed by atoms with Gasteiger partial charge in [-0.3, -0.25) is 9.59 Å². The highest BCUT2D eigenvalue weighted by Crippen LogP contribution is 2.18. The first-order valence-electron chi connectivity index (χ1n) is 6.96. The van der Waals surface area contributed by atoms with Crippen LogP contribution >= 0.6 is 11.8 Å². The van der Waals surface area contributed by atoms with Crippen molar-refractivity contribution in [1.29, 1.82) is 0 Å². The van der Waals surface area contributed by atoms with E-state index in [-0.39, 0.29) is 17.4 Å². The standard InChI is InChI=1S/C16H14N4O2S/c1-10(21)11-4-2-5-12(8-11)18-14(22)9-23-16-19-13-6-3-7-17-15(13)20-16/h2-8H,9H2,1H3,(H,18,22)(H,17,19,20). The zero-order chi connectivity index (χ0) is 16.2. The second-order valence-corrected chi connectivity index (χ2v) is 5.85. The van der Waals surface area contributed by atoms with Gasteiger partial charge in [0.2, 0.25) is 5.91 Å². The van der Waals surface area contributed by atoms with Crippen molar-refractivity contribution in [3.8, 4) is 0 Å². The third kappa shape index (κ3) is 3.75. The Hall–Kier alpha value is -2.67. The number of benzene rings is 1. The third-order valence-corrected chi connectivity index (χ3v) is 4.00. The number of aromatic amines is 1. The summed E-state index contributed by atoms with van der Waals surface area (Å²) in [5.74, 6) is 0.0128. The molecular weight excluding hydrogens is 312 g/mol. The van der Waals surface area contributed by atoms with Crippen molar-refractivity contribution >= 4 is 40.3 Å². The first-order valence-corrected chi connectivity index (χ1v) is 7.95. The zero-order valence-electron chi connectivity index (χ0n) is 12.4. The minimum Gasteiger partial charge on any atom is -0.332 e. The summed E-state index contributed by atoms with van der Waals surface area (Å²) in [4.78, 5) is 34.9. The molecule has 0 aliphatic heterocycles. The van der Waals surface area contributed by atoms with Gasteiger partial charge in [0, 0.05) is 17.4 Å². The van der Waals surface area contributed by atoms with Crippen LogP contribution in [0.5, 0.6) is 0 Å². The van der Waals surface area contributed by atoms with E-state index in [4.69, 9.17) is 0 Å². The molecule has 2 heterocycles. The van der Waals surface area contributed by atoms with Crippen molar-refractivity contribution in [1.82, 2.24) is 15.0 Å². The molecule has 1 aromatic carbocycles. The first kappa shape index (κ1) is 15.2. The number of carbonyl (C=O) groups excluding carboxylic acids is 2. The molecule has 2 aromatic heterocycles. The number of fused-ring (bicyclic) bond motifs is 1. The number of imidazole rings is 1. The minimum atomic E-state index is -0.163. The molecule has 0 saturated heterocycles. The summed E-state index contributed by atoms with van der Waals surface area (Å²) in [6.45, 7) is 1.49. The van der Waals surface area contributed by atoms with Gasteiger partial charge in [-0.15, -0.1) is 0 Å². The van der Waals surface area contributed by atoms with Crippen LogP contribution in [0.2, 0.25) is 0 Å². The molecule has 0 aliphatic rings. The number of H-pyrrole nitrogens is 1. The van der Waals surface area contributed by atoms with Crippen molar-refractivity contribution < 1.29 is 9.59 Å². The molecule has 116 valence electrons. The molecule has 0 atom stereocenters. The molecule has 3 rings (SSSR count). The van der Waals surface area contributed by atoms with Crippen LogP contribution in [0.15, 0.2) is 47.8 Å². The van der Waals surface area contributed by atoms with Crippen LogP contribution in [0.25, 0.3) is 11.2 Å². The summed E-state index contributed by atoms with van der Waals surface area (Å²) in [6.07, 6.45) is 1.67. The second kappa shape index (κ2) is 6.62.